The average Bonchev–Trinajstić information content (AvgIpc) is 3.34. The molecule has 0 aliphatic heterocycles. The van der Waals surface area contributed by atoms with Crippen LogP contribution >= 0.6 is 0 Å². The number of anilines is 1. The summed E-state index contributed by atoms with van der Waals surface area (Å²) in [5, 5.41) is 5.99. The smallest absolute Gasteiger partial charge is 0.251 e. The molecule has 3 aromatic rings. The van der Waals surface area contributed by atoms with Crippen molar-refractivity contribution in [3.63, 3.8) is 0 Å². The van der Waals surface area contributed by atoms with Crippen molar-refractivity contribution < 1.29 is 14.3 Å². The summed E-state index contributed by atoms with van der Waals surface area (Å²) in [5.41, 5.74) is 2.09. The van der Waals surface area contributed by atoms with E-state index in [2.05, 4.69) is 10.6 Å². The highest BCUT2D eigenvalue weighted by atomic mass is 16.5. The Morgan fingerprint density at radius 2 is 1.47 bits per heavy atom. The Kier molecular flexibility index (Phi) is 7.18. The van der Waals surface area contributed by atoms with Crippen LogP contribution in [0.15, 0.2) is 84.9 Å². The van der Waals surface area contributed by atoms with Gasteiger partial charge < -0.3 is 15.4 Å². The van der Waals surface area contributed by atoms with Crippen molar-refractivity contribution in [1.29, 1.82) is 0 Å². The number of ether oxygens (including phenoxy) is 1. The van der Waals surface area contributed by atoms with Gasteiger partial charge in [-0.3, -0.25) is 9.59 Å². The van der Waals surface area contributed by atoms with Gasteiger partial charge in [-0.2, -0.15) is 0 Å². The van der Waals surface area contributed by atoms with Crippen molar-refractivity contribution in [3.05, 3.63) is 96.1 Å². The predicted molar refractivity (Wildman–Crippen MR) is 126 cm³/mol. The Morgan fingerprint density at radius 1 is 0.844 bits per heavy atom. The number of hydrogen-bond acceptors (Lipinski definition) is 3. The van der Waals surface area contributed by atoms with Gasteiger partial charge in [-0.15, -0.1) is 0 Å². The molecule has 0 aromatic heterocycles. The van der Waals surface area contributed by atoms with E-state index in [9.17, 15) is 9.59 Å². The molecule has 0 radical (unpaired) electrons. The molecule has 164 valence electrons. The molecule has 1 aliphatic rings. The number of carbonyl (C=O) groups is 2. The molecule has 5 nitrogen and oxygen atoms in total. The third-order valence-electron chi connectivity index (χ3n) is 5.69. The lowest BCUT2D eigenvalue weighted by molar-refractivity contribution is -0.116. The SMILES string of the molecule is O=C(CC(NC(=O)c1ccccc1)c1ccccc1)Nc1ccccc1OC1CCCC1. The van der Waals surface area contributed by atoms with Gasteiger partial charge in [0.2, 0.25) is 5.91 Å². The lowest BCUT2D eigenvalue weighted by Gasteiger charge is -2.20. The highest BCUT2D eigenvalue weighted by Gasteiger charge is 2.21. The Bertz CT molecular complexity index is 1030. The number of hydrogen-bond donors (Lipinski definition) is 2. The summed E-state index contributed by atoms with van der Waals surface area (Å²) in [6.07, 6.45) is 4.77. The molecule has 32 heavy (non-hydrogen) atoms. The molecule has 0 heterocycles. The largest absolute Gasteiger partial charge is 0.488 e. The standard InChI is InChI=1S/C27H28N2O3/c30-26(28-23-17-9-10-18-25(23)32-22-15-7-8-16-22)19-24(20-11-3-1-4-12-20)29-27(31)21-13-5-2-6-14-21/h1-6,9-14,17-18,22,24H,7-8,15-16,19H2,(H,28,30)(H,29,31). The van der Waals surface area contributed by atoms with Gasteiger partial charge in [-0.1, -0.05) is 60.7 Å². The molecular weight excluding hydrogens is 400 g/mol. The van der Waals surface area contributed by atoms with Gasteiger partial charge in [0.15, 0.2) is 0 Å². The second kappa shape index (κ2) is 10.6. The second-order valence-corrected chi connectivity index (χ2v) is 8.08. The number of nitrogens with one attached hydrogen (secondary N) is 2. The zero-order valence-corrected chi connectivity index (χ0v) is 18.0. The van der Waals surface area contributed by atoms with Crippen LogP contribution in [0.3, 0.4) is 0 Å². The van der Waals surface area contributed by atoms with E-state index in [0.717, 1.165) is 18.4 Å². The normalized spacial score (nSPS) is 14.5. The molecule has 0 spiro atoms. The van der Waals surface area contributed by atoms with Crippen molar-refractivity contribution in [1.82, 2.24) is 5.32 Å². The number of carbonyl (C=O) groups excluding carboxylic acids is 2. The number of benzene rings is 3. The monoisotopic (exact) mass is 428 g/mol. The Balaban J connectivity index is 1.46. The van der Waals surface area contributed by atoms with E-state index in [0.29, 0.717) is 17.0 Å². The molecule has 5 heteroatoms. The lowest BCUT2D eigenvalue weighted by Crippen LogP contribution is -2.31. The van der Waals surface area contributed by atoms with Crippen LogP contribution in [-0.4, -0.2) is 17.9 Å². The first kappa shape index (κ1) is 21.6. The molecule has 0 saturated heterocycles. The minimum absolute atomic E-state index is 0.111. The molecule has 1 atom stereocenters. The van der Waals surface area contributed by atoms with Gasteiger partial charge >= 0.3 is 0 Å². The zero-order chi connectivity index (χ0) is 22.2. The maximum Gasteiger partial charge on any atom is 0.251 e. The fraction of sp³-hybridized carbons (Fsp3) is 0.259. The molecule has 2 amide bonds. The maximum absolute atomic E-state index is 13.0. The molecule has 1 fully saturated rings. The Hall–Kier alpha value is -3.60. The van der Waals surface area contributed by atoms with Crippen molar-refractivity contribution >= 4 is 17.5 Å². The van der Waals surface area contributed by atoms with Crippen LogP contribution in [0, 0.1) is 0 Å². The quantitative estimate of drug-likeness (QED) is 0.497. The van der Waals surface area contributed by atoms with Crippen LogP contribution in [0.5, 0.6) is 5.75 Å². The van der Waals surface area contributed by atoms with E-state index in [1.54, 1.807) is 12.1 Å². The molecule has 3 aromatic carbocycles. The minimum atomic E-state index is -0.452. The lowest BCUT2D eigenvalue weighted by atomic mass is 10.0. The van der Waals surface area contributed by atoms with Crippen LogP contribution in [0.2, 0.25) is 0 Å². The van der Waals surface area contributed by atoms with Gasteiger partial charge in [0.1, 0.15) is 5.75 Å². The van der Waals surface area contributed by atoms with Crippen molar-refractivity contribution in [2.45, 2.75) is 44.2 Å². The fourth-order valence-corrected chi connectivity index (χ4v) is 4.01. The Labute approximate surface area is 188 Å². The first-order valence-electron chi connectivity index (χ1n) is 11.2. The van der Waals surface area contributed by atoms with E-state index in [1.807, 2.05) is 72.8 Å². The zero-order valence-electron chi connectivity index (χ0n) is 18.0. The van der Waals surface area contributed by atoms with Gasteiger partial charge in [0.25, 0.3) is 5.91 Å². The minimum Gasteiger partial charge on any atom is -0.488 e. The topological polar surface area (TPSA) is 67.4 Å². The van der Waals surface area contributed by atoms with E-state index < -0.39 is 6.04 Å². The fourth-order valence-electron chi connectivity index (χ4n) is 4.01. The Morgan fingerprint density at radius 3 is 2.19 bits per heavy atom. The first-order valence-corrected chi connectivity index (χ1v) is 11.2. The number of amides is 2. The summed E-state index contributed by atoms with van der Waals surface area (Å²) in [4.78, 5) is 25.7. The van der Waals surface area contributed by atoms with Gasteiger partial charge in [-0.05, 0) is 55.5 Å². The summed E-state index contributed by atoms with van der Waals surface area (Å²) in [5.74, 6) is 0.296. The molecule has 1 aliphatic carbocycles. The van der Waals surface area contributed by atoms with E-state index >= 15 is 0 Å². The van der Waals surface area contributed by atoms with Crippen LogP contribution in [0.4, 0.5) is 5.69 Å². The van der Waals surface area contributed by atoms with E-state index in [1.165, 1.54) is 12.8 Å². The molecule has 1 unspecified atom stereocenters. The molecule has 0 bridgehead atoms. The summed E-state index contributed by atoms with van der Waals surface area (Å²) in [6, 6.07) is 25.6. The molecular formula is C27H28N2O3. The second-order valence-electron chi connectivity index (χ2n) is 8.08. The highest BCUT2D eigenvalue weighted by molar-refractivity contribution is 5.96. The van der Waals surface area contributed by atoms with Crippen molar-refractivity contribution in [2.75, 3.05) is 5.32 Å². The van der Waals surface area contributed by atoms with Gasteiger partial charge in [0.05, 0.1) is 24.3 Å². The third-order valence-corrected chi connectivity index (χ3v) is 5.69. The summed E-state index contributed by atoms with van der Waals surface area (Å²) < 4.78 is 6.13. The van der Waals surface area contributed by atoms with Crippen LogP contribution in [0.1, 0.15) is 54.1 Å². The van der Waals surface area contributed by atoms with Crippen molar-refractivity contribution in [3.8, 4) is 5.75 Å². The van der Waals surface area contributed by atoms with Gasteiger partial charge in [0, 0.05) is 5.56 Å². The van der Waals surface area contributed by atoms with Crippen LogP contribution < -0.4 is 15.4 Å². The van der Waals surface area contributed by atoms with Crippen LogP contribution in [-0.2, 0) is 4.79 Å². The summed E-state index contributed by atoms with van der Waals surface area (Å²) >= 11 is 0. The highest BCUT2D eigenvalue weighted by Crippen LogP contribution is 2.30. The maximum atomic E-state index is 13.0. The van der Waals surface area contributed by atoms with E-state index in [-0.39, 0.29) is 24.3 Å². The van der Waals surface area contributed by atoms with E-state index in [4.69, 9.17) is 4.74 Å². The predicted octanol–water partition coefficient (Wildman–Crippen LogP) is 5.51. The third kappa shape index (κ3) is 5.76. The average molecular weight is 429 g/mol. The molecule has 2 N–H and O–H groups in total. The summed E-state index contributed by atoms with van der Waals surface area (Å²) in [6.45, 7) is 0. The van der Waals surface area contributed by atoms with Gasteiger partial charge in [-0.25, -0.2) is 0 Å². The number of rotatable bonds is 8. The summed E-state index contributed by atoms with van der Waals surface area (Å²) in [7, 11) is 0. The number of para-hydroxylation sites is 2. The first-order chi connectivity index (χ1) is 15.7. The van der Waals surface area contributed by atoms with Crippen molar-refractivity contribution in [2.24, 2.45) is 0 Å². The molecule has 1 saturated carbocycles. The van der Waals surface area contributed by atoms with Crippen LogP contribution in [0.25, 0.3) is 0 Å². The molecule has 4 rings (SSSR count).